The molecule has 194 valence electrons. The number of carbonyl (C=O) groups is 1. The smallest absolute Gasteiger partial charge is 0.168 e. The summed E-state index contributed by atoms with van der Waals surface area (Å²) in [6.07, 6.45) is 7.34. The standard InChI is InChI=1S/C28H23F2N3O2.C2H5N/c1-17-22-9-10-31-26(22)15-25(30)27(17)35-21-7-8-24(29)23(14-21)28-32-16-20(33-28)13-19-5-2-4-18(12-19)6-3-11-34;1-2-3/h2,4-5,7-12,14-16,31H,3,6,13H2,1H3,(H,32,33);2H,1,3H2. The number of imidazole rings is 1. The molecule has 5 aromatic rings. The minimum Gasteiger partial charge on any atom is -0.454 e. The van der Waals surface area contributed by atoms with Gasteiger partial charge in [0.1, 0.15) is 23.7 Å². The molecule has 0 radical (unpaired) electrons. The van der Waals surface area contributed by atoms with E-state index in [2.05, 4.69) is 33.3 Å². The Hall–Kier alpha value is -4.72. The molecule has 0 saturated carbocycles. The molecule has 38 heavy (non-hydrogen) atoms. The van der Waals surface area contributed by atoms with Gasteiger partial charge < -0.3 is 25.2 Å². The van der Waals surface area contributed by atoms with Gasteiger partial charge in [0, 0.05) is 53.5 Å². The predicted molar refractivity (Wildman–Crippen MR) is 145 cm³/mol. The van der Waals surface area contributed by atoms with Gasteiger partial charge in [-0.1, -0.05) is 30.8 Å². The van der Waals surface area contributed by atoms with Crippen LogP contribution in [0.3, 0.4) is 0 Å². The highest BCUT2D eigenvalue weighted by atomic mass is 19.1. The van der Waals surface area contributed by atoms with Crippen LogP contribution in [0.4, 0.5) is 8.78 Å². The number of fused-ring (bicyclic) bond motifs is 1. The third-order valence-electron chi connectivity index (χ3n) is 5.99. The molecule has 3 aromatic carbocycles. The molecule has 0 spiro atoms. The summed E-state index contributed by atoms with van der Waals surface area (Å²) in [7, 11) is 0. The highest BCUT2D eigenvalue weighted by molar-refractivity contribution is 5.85. The average molecular weight is 515 g/mol. The molecular formula is C30H28F2N4O2. The van der Waals surface area contributed by atoms with Crippen LogP contribution in [0, 0.1) is 18.6 Å². The summed E-state index contributed by atoms with van der Waals surface area (Å²) in [5.74, 6) is -0.201. The highest BCUT2D eigenvalue weighted by Crippen LogP contribution is 2.35. The van der Waals surface area contributed by atoms with Crippen LogP contribution in [0.15, 0.2) is 79.8 Å². The van der Waals surface area contributed by atoms with Gasteiger partial charge in [-0.05, 0) is 54.9 Å². The molecule has 0 saturated heterocycles. The van der Waals surface area contributed by atoms with Crippen molar-refractivity contribution >= 4 is 17.2 Å². The minimum absolute atomic E-state index is 0.101. The van der Waals surface area contributed by atoms with E-state index in [1.807, 2.05) is 24.3 Å². The normalized spacial score (nSPS) is 10.6. The lowest BCUT2D eigenvalue weighted by Gasteiger charge is -2.12. The van der Waals surface area contributed by atoms with E-state index < -0.39 is 11.6 Å². The molecule has 0 amide bonds. The molecule has 0 aliphatic rings. The molecular weight excluding hydrogens is 486 g/mol. The SMILES string of the molecule is C=CN.Cc1c(Oc2ccc(F)c(-c3ncc(Cc4cccc(CCC=O)c4)[nH]3)c2)c(F)cc2[nH]ccc12. The molecule has 6 nitrogen and oxygen atoms in total. The quantitative estimate of drug-likeness (QED) is 0.200. The minimum atomic E-state index is -0.501. The van der Waals surface area contributed by atoms with Gasteiger partial charge in [-0.2, -0.15) is 0 Å². The number of ether oxygens (including phenoxy) is 1. The third-order valence-corrected chi connectivity index (χ3v) is 5.99. The van der Waals surface area contributed by atoms with Gasteiger partial charge in [0.15, 0.2) is 11.6 Å². The number of rotatable bonds is 8. The summed E-state index contributed by atoms with van der Waals surface area (Å²) in [6.45, 7) is 4.92. The lowest BCUT2D eigenvalue weighted by molar-refractivity contribution is -0.107. The number of nitrogens with one attached hydrogen (secondary N) is 2. The first-order chi connectivity index (χ1) is 18.4. The second-order valence-electron chi connectivity index (χ2n) is 8.69. The van der Waals surface area contributed by atoms with Crippen LogP contribution >= 0.6 is 0 Å². The number of nitrogens with two attached hydrogens (primary N) is 1. The summed E-state index contributed by atoms with van der Waals surface area (Å²) >= 11 is 0. The Morgan fingerprint density at radius 1 is 1.08 bits per heavy atom. The molecule has 0 fully saturated rings. The Morgan fingerprint density at radius 2 is 1.87 bits per heavy atom. The van der Waals surface area contributed by atoms with E-state index in [4.69, 9.17) is 4.74 Å². The second-order valence-corrected chi connectivity index (χ2v) is 8.69. The van der Waals surface area contributed by atoms with Gasteiger partial charge in [0.25, 0.3) is 0 Å². The number of carbonyl (C=O) groups excluding carboxylic acids is 1. The van der Waals surface area contributed by atoms with Crippen molar-refractivity contribution in [2.75, 3.05) is 0 Å². The fourth-order valence-electron chi connectivity index (χ4n) is 4.24. The van der Waals surface area contributed by atoms with Gasteiger partial charge >= 0.3 is 0 Å². The molecule has 0 bridgehead atoms. The maximum absolute atomic E-state index is 14.7. The van der Waals surface area contributed by atoms with Gasteiger partial charge in [-0.15, -0.1) is 0 Å². The summed E-state index contributed by atoms with van der Waals surface area (Å²) in [4.78, 5) is 21.2. The predicted octanol–water partition coefficient (Wildman–Crippen LogP) is 6.75. The average Bonchev–Trinajstić information content (AvgIpc) is 3.57. The lowest BCUT2D eigenvalue weighted by atomic mass is 10.0. The molecule has 0 unspecified atom stereocenters. The van der Waals surface area contributed by atoms with Crippen molar-refractivity contribution in [1.29, 1.82) is 0 Å². The number of hydrogen-bond donors (Lipinski definition) is 3. The van der Waals surface area contributed by atoms with Crippen molar-refractivity contribution < 1.29 is 18.3 Å². The maximum atomic E-state index is 14.7. The second kappa shape index (κ2) is 12.0. The number of benzene rings is 3. The molecule has 8 heteroatoms. The Morgan fingerprint density at radius 3 is 2.66 bits per heavy atom. The molecule has 2 heterocycles. The highest BCUT2D eigenvalue weighted by Gasteiger charge is 2.16. The number of H-pyrrole nitrogens is 2. The van der Waals surface area contributed by atoms with Crippen molar-refractivity contribution in [3.8, 4) is 22.9 Å². The Kier molecular flexibility index (Phi) is 8.33. The number of aromatic amines is 2. The molecule has 0 aliphatic carbocycles. The zero-order valence-electron chi connectivity index (χ0n) is 20.9. The van der Waals surface area contributed by atoms with E-state index in [9.17, 15) is 13.6 Å². The number of hydrogen-bond acceptors (Lipinski definition) is 4. The number of nitrogens with zero attached hydrogens (tertiary/aromatic N) is 1. The maximum Gasteiger partial charge on any atom is 0.168 e. The number of aryl methyl sites for hydroxylation is 2. The summed E-state index contributed by atoms with van der Waals surface area (Å²) < 4.78 is 35.3. The van der Waals surface area contributed by atoms with Gasteiger partial charge in [-0.25, -0.2) is 13.8 Å². The molecule has 5 rings (SSSR count). The van der Waals surface area contributed by atoms with Crippen LogP contribution in [0.5, 0.6) is 11.5 Å². The fraction of sp³-hybridized carbons (Fsp3) is 0.133. The Bertz CT molecular complexity index is 1570. The van der Waals surface area contributed by atoms with Crippen molar-refractivity contribution in [3.05, 3.63) is 114 Å². The van der Waals surface area contributed by atoms with Crippen LogP contribution in [0.25, 0.3) is 22.3 Å². The van der Waals surface area contributed by atoms with Crippen LogP contribution in [-0.4, -0.2) is 21.2 Å². The van der Waals surface area contributed by atoms with E-state index in [0.29, 0.717) is 41.9 Å². The number of aldehydes is 1. The van der Waals surface area contributed by atoms with Crippen LogP contribution < -0.4 is 10.5 Å². The summed E-state index contributed by atoms with van der Waals surface area (Å²) in [6, 6.07) is 15.5. The molecule has 2 aromatic heterocycles. The topological polar surface area (TPSA) is 96.8 Å². The Balaban J connectivity index is 0.00000107. The van der Waals surface area contributed by atoms with Crippen LogP contribution in [0.1, 0.15) is 28.8 Å². The van der Waals surface area contributed by atoms with Crippen LogP contribution in [0.2, 0.25) is 0 Å². The third kappa shape index (κ3) is 5.98. The van der Waals surface area contributed by atoms with E-state index in [1.54, 1.807) is 19.3 Å². The summed E-state index contributed by atoms with van der Waals surface area (Å²) in [5.41, 5.74) is 9.15. The van der Waals surface area contributed by atoms with Crippen molar-refractivity contribution in [3.63, 3.8) is 0 Å². The van der Waals surface area contributed by atoms with E-state index >= 15 is 0 Å². The van der Waals surface area contributed by atoms with E-state index in [-0.39, 0.29) is 11.3 Å². The van der Waals surface area contributed by atoms with Crippen molar-refractivity contribution in [2.24, 2.45) is 5.73 Å². The monoisotopic (exact) mass is 514 g/mol. The first-order valence-corrected chi connectivity index (χ1v) is 12.1. The molecule has 0 aliphatic heterocycles. The van der Waals surface area contributed by atoms with E-state index in [1.165, 1.54) is 30.5 Å². The Labute approximate surface area is 219 Å². The van der Waals surface area contributed by atoms with Gasteiger partial charge in [-0.3, -0.25) is 0 Å². The molecule has 0 atom stereocenters. The molecule has 4 N–H and O–H groups in total. The lowest BCUT2D eigenvalue weighted by Crippen LogP contribution is -1.95. The zero-order chi connectivity index (χ0) is 27.1. The fourth-order valence-corrected chi connectivity index (χ4v) is 4.24. The van der Waals surface area contributed by atoms with Gasteiger partial charge in [0.2, 0.25) is 0 Å². The summed E-state index contributed by atoms with van der Waals surface area (Å²) in [5, 5.41) is 0.856. The first kappa shape index (κ1) is 26.3. The largest absolute Gasteiger partial charge is 0.454 e. The van der Waals surface area contributed by atoms with Crippen molar-refractivity contribution in [1.82, 2.24) is 15.0 Å². The van der Waals surface area contributed by atoms with Gasteiger partial charge in [0.05, 0.1) is 5.56 Å². The first-order valence-electron chi connectivity index (χ1n) is 12.1. The van der Waals surface area contributed by atoms with Crippen molar-refractivity contribution in [2.45, 2.75) is 26.2 Å². The number of aromatic nitrogens is 3. The van der Waals surface area contributed by atoms with Crippen LogP contribution in [-0.2, 0) is 17.6 Å². The zero-order valence-corrected chi connectivity index (χ0v) is 20.9. The van der Waals surface area contributed by atoms with E-state index in [0.717, 1.165) is 28.5 Å². The number of halogens is 2.